The summed E-state index contributed by atoms with van der Waals surface area (Å²) in [4.78, 5) is 13.4. The van der Waals surface area contributed by atoms with Crippen molar-refractivity contribution in [3.05, 3.63) is 121 Å². The van der Waals surface area contributed by atoms with E-state index in [0.717, 1.165) is 18.7 Å². The highest BCUT2D eigenvalue weighted by atomic mass is 31.1. The van der Waals surface area contributed by atoms with Crippen molar-refractivity contribution in [1.82, 2.24) is 5.32 Å². The number of hydrogen-bond donors (Lipinski definition) is 1. The van der Waals surface area contributed by atoms with E-state index in [1.54, 1.807) is 0 Å². The molecule has 1 fully saturated rings. The quantitative estimate of drug-likeness (QED) is 0.207. The fourth-order valence-corrected chi connectivity index (χ4v) is 10.3. The molecule has 0 spiro atoms. The molecule has 2 unspecified atom stereocenters. The van der Waals surface area contributed by atoms with Crippen LogP contribution in [0.25, 0.3) is 0 Å². The zero-order valence-electron chi connectivity index (χ0n) is 22.7. The maximum Gasteiger partial charge on any atom is 0.310 e. The average Bonchev–Trinajstić information content (AvgIpc) is 3.45. The SMILES string of the molecule is CC(C)(CP(c1ccccc1)c1ccccc1)OC(=O)C1CNC(CP(c2ccccc2)c2ccccc2)C1. The molecule has 0 radical (unpaired) electrons. The van der Waals surface area contributed by atoms with E-state index in [1.807, 2.05) is 0 Å². The van der Waals surface area contributed by atoms with Crippen molar-refractivity contribution in [2.75, 3.05) is 18.9 Å². The Balaban J connectivity index is 1.24. The molecule has 5 heteroatoms. The molecule has 3 nitrogen and oxygen atoms in total. The molecule has 39 heavy (non-hydrogen) atoms. The first-order valence-electron chi connectivity index (χ1n) is 13.7. The fraction of sp³-hybridized carbons (Fsp3) is 0.265. The molecule has 4 aromatic carbocycles. The Morgan fingerprint density at radius 3 is 1.56 bits per heavy atom. The first-order chi connectivity index (χ1) is 19.0. The highest BCUT2D eigenvalue weighted by Crippen LogP contribution is 2.39. The number of carbonyl (C=O) groups excluding carboxylic acids is 1. The van der Waals surface area contributed by atoms with Gasteiger partial charge in [-0.2, -0.15) is 0 Å². The Morgan fingerprint density at radius 2 is 1.13 bits per heavy atom. The molecule has 1 aliphatic heterocycles. The molecule has 0 amide bonds. The van der Waals surface area contributed by atoms with Gasteiger partial charge in [0, 0.05) is 18.7 Å². The van der Waals surface area contributed by atoms with Gasteiger partial charge < -0.3 is 10.1 Å². The number of ether oxygens (including phenoxy) is 1. The van der Waals surface area contributed by atoms with Gasteiger partial charge in [0.05, 0.1) is 5.92 Å². The molecule has 2 atom stereocenters. The number of esters is 1. The Labute approximate surface area is 235 Å². The van der Waals surface area contributed by atoms with Gasteiger partial charge in [0.25, 0.3) is 0 Å². The minimum absolute atomic E-state index is 0.0742. The summed E-state index contributed by atoms with van der Waals surface area (Å²) in [6.45, 7) is 4.81. The maximum atomic E-state index is 13.4. The average molecular weight is 554 g/mol. The summed E-state index contributed by atoms with van der Waals surface area (Å²) in [6, 6.07) is 43.1. The highest BCUT2D eigenvalue weighted by molar-refractivity contribution is 7.73. The van der Waals surface area contributed by atoms with Crippen LogP contribution in [0.1, 0.15) is 20.3 Å². The number of nitrogens with one attached hydrogen (secondary N) is 1. The van der Waals surface area contributed by atoms with E-state index >= 15 is 0 Å². The number of benzene rings is 4. The summed E-state index contributed by atoms with van der Waals surface area (Å²) in [7, 11) is -1.15. The molecule has 0 bridgehead atoms. The van der Waals surface area contributed by atoms with Crippen LogP contribution < -0.4 is 26.5 Å². The number of carbonyl (C=O) groups is 1. The van der Waals surface area contributed by atoms with Gasteiger partial charge in [0.15, 0.2) is 0 Å². The van der Waals surface area contributed by atoms with Crippen molar-refractivity contribution in [3.8, 4) is 0 Å². The van der Waals surface area contributed by atoms with Gasteiger partial charge in [-0.05, 0) is 63.5 Å². The van der Waals surface area contributed by atoms with Crippen molar-refractivity contribution >= 4 is 43.0 Å². The van der Waals surface area contributed by atoms with Gasteiger partial charge in [0.1, 0.15) is 5.60 Å². The third-order valence-electron chi connectivity index (χ3n) is 7.15. The zero-order chi connectivity index (χ0) is 27.1. The molecule has 1 saturated heterocycles. The van der Waals surface area contributed by atoms with E-state index in [0.29, 0.717) is 12.6 Å². The van der Waals surface area contributed by atoms with Crippen LogP contribution in [0.3, 0.4) is 0 Å². The Kier molecular flexibility index (Phi) is 9.25. The standard InChI is InChI=1S/C34H37NO2P2/c1-34(2,26-39(31-19-11-5-12-20-31)32-21-13-6-14-22-32)37-33(36)27-23-28(35-24-27)25-38(29-15-7-3-8-16-29)30-17-9-4-10-18-30/h3-22,27-28,35H,23-26H2,1-2H3. The summed E-state index contributed by atoms with van der Waals surface area (Å²) in [5, 5.41) is 9.02. The summed E-state index contributed by atoms with van der Waals surface area (Å²) >= 11 is 0. The lowest BCUT2D eigenvalue weighted by atomic mass is 10.1. The maximum absolute atomic E-state index is 13.4. The van der Waals surface area contributed by atoms with Crippen LogP contribution in [0.5, 0.6) is 0 Å². The topological polar surface area (TPSA) is 38.3 Å². The normalized spacial score (nSPS) is 17.4. The summed E-state index contributed by atoms with van der Waals surface area (Å²) in [6.07, 6.45) is 2.63. The zero-order valence-corrected chi connectivity index (χ0v) is 24.5. The smallest absolute Gasteiger partial charge is 0.310 e. The molecule has 200 valence electrons. The second kappa shape index (κ2) is 13.0. The molecule has 0 aromatic heterocycles. The monoisotopic (exact) mass is 553 g/mol. The van der Waals surface area contributed by atoms with E-state index < -0.39 is 21.4 Å². The van der Waals surface area contributed by atoms with Crippen LogP contribution in [0, 0.1) is 5.92 Å². The lowest BCUT2D eigenvalue weighted by Gasteiger charge is -2.31. The molecule has 1 aliphatic rings. The van der Waals surface area contributed by atoms with E-state index in [-0.39, 0.29) is 11.9 Å². The van der Waals surface area contributed by atoms with Crippen LogP contribution in [0.4, 0.5) is 0 Å². The van der Waals surface area contributed by atoms with Crippen LogP contribution >= 0.6 is 15.8 Å². The molecule has 0 aliphatic carbocycles. The minimum atomic E-state index is -0.644. The molecule has 1 N–H and O–H groups in total. The first kappa shape index (κ1) is 27.7. The van der Waals surface area contributed by atoms with Gasteiger partial charge in [0.2, 0.25) is 0 Å². The first-order valence-corrected chi connectivity index (χ1v) is 16.8. The highest BCUT2D eigenvalue weighted by Gasteiger charge is 2.36. The summed E-state index contributed by atoms with van der Waals surface area (Å²) in [5.41, 5.74) is -0.562. The van der Waals surface area contributed by atoms with E-state index in [2.05, 4.69) is 140 Å². The Hall–Kier alpha value is -2.83. The van der Waals surface area contributed by atoms with E-state index in [4.69, 9.17) is 4.74 Å². The fourth-order valence-electron chi connectivity index (χ4n) is 5.25. The third kappa shape index (κ3) is 7.43. The number of hydrogen-bond acceptors (Lipinski definition) is 3. The second-order valence-corrected chi connectivity index (χ2v) is 15.2. The molecule has 5 rings (SSSR count). The predicted molar refractivity (Wildman–Crippen MR) is 168 cm³/mol. The van der Waals surface area contributed by atoms with E-state index in [9.17, 15) is 4.79 Å². The van der Waals surface area contributed by atoms with Crippen molar-refractivity contribution in [2.24, 2.45) is 5.92 Å². The van der Waals surface area contributed by atoms with Crippen molar-refractivity contribution in [2.45, 2.75) is 31.9 Å². The van der Waals surface area contributed by atoms with Crippen LogP contribution in [0.15, 0.2) is 121 Å². The van der Waals surface area contributed by atoms with Crippen molar-refractivity contribution in [3.63, 3.8) is 0 Å². The largest absolute Gasteiger partial charge is 0.459 e. The van der Waals surface area contributed by atoms with Gasteiger partial charge in [-0.3, -0.25) is 4.79 Å². The third-order valence-corrected chi connectivity index (χ3v) is 12.7. The molecule has 0 saturated carbocycles. The second-order valence-electron chi connectivity index (χ2n) is 10.8. The molecule has 4 aromatic rings. The molecule has 1 heterocycles. The van der Waals surface area contributed by atoms with Crippen LogP contribution in [0.2, 0.25) is 0 Å². The van der Waals surface area contributed by atoms with Crippen molar-refractivity contribution < 1.29 is 9.53 Å². The lowest BCUT2D eigenvalue weighted by molar-refractivity contribution is -0.158. The van der Waals surface area contributed by atoms with E-state index in [1.165, 1.54) is 21.2 Å². The Morgan fingerprint density at radius 1 is 0.718 bits per heavy atom. The van der Waals surface area contributed by atoms with Crippen molar-refractivity contribution in [1.29, 1.82) is 0 Å². The summed E-state index contributed by atoms with van der Waals surface area (Å²) < 4.78 is 6.26. The van der Waals surface area contributed by atoms with Crippen LogP contribution in [-0.2, 0) is 9.53 Å². The number of rotatable bonds is 10. The predicted octanol–water partition coefficient (Wildman–Crippen LogP) is 5.55. The minimum Gasteiger partial charge on any atom is -0.459 e. The lowest BCUT2D eigenvalue weighted by Crippen LogP contribution is -2.37. The van der Waals surface area contributed by atoms with Gasteiger partial charge >= 0.3 is 5.97 Å². The van der Waals surface area contributed by atoms with Crippen LogP contribution in [-0.4, -0.2) is 36.5 Å². The molecular formula is C34H37NO2P2. The van der Waals surface area contributed by atoms with Gasteiger partial charge in [-0.1, -0.05) is 121 Å². The van der Waals surface area contributed by atoms with Gasteiger partial charge in [-0.25, -0.2) is 0 Å². The van der Waals surface area contributed by atoms with Gasteiger partial charge in [-0.15, -0.1) is 0 Å². The molecular weight excluding hydrogens is 516 g/mol. The Bertz CT molecular complexity index is 1240. The summed E-state index contributed by atoms with van der Waals surface area (Å²) in [5.74, 6) is -0.188.